The molecule has 4 nitrogen and oxygen atoms in total. The van der Waals surface area contributed by atoms with Crippen LogP contribution in [-0.4, -0.2) is 9.13 Å². The van der Waals surface area contributed by atoms with Crippen molar-refractivity contribution in [3.8, 4) is 68.0 Å². The average Bonchev–Trinajstić information content (AvgIpc) is 3.84. The van der Waals surface area contributed by atoms with E-state index in [4.69, 9.17) is 0 Å². The van der Waals surface area contributed by atoms with Crippen LogP contribution in [0.25, 0.3) is 99.5 Å². The first-order chi connectivity index (χ1) is 29.7. The SMILES string of the molecule is N#Cc1cc(-c2ccc(-c3ccc(-n4c5ccccc5c5ccccc54)cc3)cc2)c(-c2ccc(-c3ccc(-n4c5ccccc5c5ccccc54)cc3)cc2)cc1C#N. The average molecular weight is 763 g/mol. The molecule has 0 atom stereocenters. The number of para-hydroxylation sites is 4. The molecule has 0 saturated carbocycles. The van der Waals surface area contributed by atoms with E-state index in [2.05, 4.69) is 215 Å². The Kier molecular flexibility index (Phi) is 8.22. The van der Waals surface area contributed by atoms with Gasteiger partial charge in [-0.15, -0.1) is 0 Å². The first-order valence-electron chi connectivity index (χ1n) is 20.0. The van der Waals surface area contributed by atoms with E-state index in [0.29, 0.717) is 11.1 Å². The van der Waals surface area contributed by atoms with Gasteiger partial charge in [-0.05, 0) is 105 Å². The van der Waals surface area contributed by atoms with Crippen molar-refractivity contribution < 1.29 is 0 Å². The highest BCUT2D eigenvalue weighted by Crippen LogP contribution is 2.38. The second kappa shape index (κ2) is 14.2. The van der Waals surface area contributed by atoms with Gasteiger partial charge in [0.15, 0.2) is 0 Å². The van der Waals surface area contributed by atoms with E-state index < -0.39 is 0 Å². The Bertz CT molecular complexity index is 3170. The van der Waals surface area contributed by atoms with Gasteiger partial charge in [-0.1, -0.05) is 146 Å². The largest absolute Gasteiger partial charge is 0.309 e. The second-order valence-corrected chi connectivity index (χ2v) is 15.2. The number of rotatable bonds is 6. The summed E-state index contributed by atoms with van der Waals surface area (Å²) in [6, 6.07) is 76.8. The van der Waals surface area contributed by atoms with Crippen LogP contribution >= 0.6 is 0 Å². The Morgan fingerprint density at radius 2 is 0.533 bits per heavy atom. The molecule has 9 aromatic carbocycles. The number of aromatic nitrogens is 2. The Morgan fingerprint density at radius 1 is 0.283 bits per heavy atom. The van der Waals surface area contributed by atoms with Crippen LogP contribution in [0.3, 0.4) is 0 Å². The lowest BCUT2D eigenvalue weighted by molar-refractivity contribution is 1.18. The first kappa shape index (κ1) is 34.8. The maximum atomic E-state index is 10.0. The smallest absolute Gasteiger partial charge is 0.101 e. The standard InChI is InChI=1S/C56H34N4/c57-35-43-33-51(41-21-17-37(18-22-41)39-25-29-45(30-26-39)59-53-13-5-1-9-47(53)48-10-2-6-14-54(48)59)52(34-44(43)36-58)42-23-19-38(20-24-42)40-27-31-46(32-28-40)60-55-15-7-3-11-49(55)50-12-4-8-16-56(50)60/h1-34H. The van der Waals surface area contributed by atoms with Crippen molar-refractivity contribution in [2.24, 2.45) is 0 Å². The van der Waals surface area contributed by atoms with Crippen molar-refractivity contribution in [2.45, 2.75) is 0 Å². The molecule has 0 fully saturated rings. The minimum Gasteiger partial charge on any atom is -0.309 e. The lowest BCUT2D eigenvalue weighted by atomic mass is 9.89. The molecule has 0 N–H and O–H groups in total. The second-order valence-electron chi connectivity index (χ2n) is 15.2. The summed E-state index contributed by atoms with van der Waals surface area (Å²) in [6.07, 6.45) is 0. The number of hydrogen-bond acceptors (Lipinski definition) is 2. The normalized spacial score (nSPS) is 11.3. The summed E-state index contributed by atoms with van der Waals surface area (Å²) in [5.74, 6) is 0. The van der Waals surface area contributed by atoms with Crippen LogP contribution < -0.4 is 0 Å². The molecule has 0 radical (unpaired) electrons. The fraction of sp³-hybridized carbons (Fsp3) is 0. The van der Waals surface area contributed by atoms with E-state index in [1.807, 2.05) is 12.1 Å². The molecule has 0 bridgehead atoms. The lowest BCUT2D eigenvalue weighted by Gasteiger charge is -2.14. The van der Waals surface area contributed by atoms with Crippen LogP contribution in [0.5, 0.6) is 0 Å². The third kappa shape index (κ3) is 5.67. The van der Waals surface area contributed by atoms with E-state index in [9.17, 15) is 10.5 Å². The van der Waals surface area contributed by atoms with Gasteiger partial charge in [-0.3, -0.25) is 0 Å². The van der Waals surface area contributed by atoms with E-state index in [-0.39, 0.29) is 0 Å². The molecule has 0 aliphatic rings. The molecule has 0 aliphatic carbocycles. The maximum absolute atomic E-state index is 10.0. The van der Waals surface area contributed by atoms with Gasteiger partial charge in [-0.2, -0.15) is 10.5 Å². The molecule has 0 saturated heterocycles. The molecule has 11 aromatic rings. The Morgan fingerprint density at radius 3 is 0.817 bits per heavy atom. The molecule has 60 heavy (non-hydrogen) atoms. The summed E-state index contributed by atoms with van der Waals surface area (Å²) < 4.78 is 4.65. The molecule has 2 heterocycles. The number of nitriles is 2. The van der Waals surface area contributed by atoms with Crippen molar-refractivity contribution in [1.29, 1.82) is 10.5 Å². The van der Waals surface area contributed by atoms with Crippen LogP contribution in [0.1, 0.15) is 11.1 Å². The highest BCUT2D eigenvalue weighted by molar-refractivity contribution is 6.10. The zero-order valence-electron chi connectivity index (χ0n) is 32.4. The van der Waals surface area contributed by atoms with E-state index in [1.165, 1.54) is 43.6 Å². The number of benzene rings is 9. The van der Waals surface area contributed by atoms with Crippen LogP contribution in [0.15, 0.2) is 206 Å². The lowest BCUT2D eigenvalue weighted by Crippen LogP contribution is -1.94. The van der Waals surface area contributed by atoms with Gasteiger partial charge in [-0.25, -0.2) is 0 Å². The third-order valence-corrected chi connectivity index (χ3v) is 11.9. The zero-order chi connectivity index (χ0) is 40.2. The fourth-order valence-electron chi connectivity index (χ4n) is 8.95. The van der Waals surface area contributed by atoms with Gasteiger partial charge < -0.3 is 9.13 Å². The van der Waals surface area contributed by atoms with Gasteiger partial charge >= 0.3 is 0 Å². The van der Waals surface area contributed by atoms with Gasteiger partial charge in [0.2, 0.25) is 0 Å². The minimum absolute atomic E-state index is 0.362. The molecule has 11 rings (SSSR count). The predicted octanol–water partition coefficient (Wildman–Crippen LogP) is 14.3. The molecule has 278 valence electrons. The third-order valence-electron chi connectivity index (χ3n) is 11.9. The fourth-order valence-corrected chi connectivity index (χ4v) is 8.95. The number of fused-ring (bicyclic) bond motifs is 6. The van der Waals surface area contributed by atoms with Crippen LogP contribution in [-0.2, 0) is 0 Å². The molecule has 0 spiro atoms. The quantitative estimate of drug-likeness (QED) is 0.169. The summed E-state index contributed by atoms with van der Waals surface area (Å²) in [7, 11) is 0. The Hall–Kier alpha value is -8.44. The van der Waals surface area contributed by atoms with Crippen LogP contribution in [0.4, 0.5) is 0 Å². The summed E-state index contributed by atoms with van der Waals surface area (Å²) in [4.78, 5) is 0. The molecule has 0 aliphatic heterocycles. The highest BCUT2D eigenvalue weighted by Gasteiger charge is 2.16. The summed E-state index contributed by atoms with van der Waals surface area (Å²) in [5.41, 5.74) is 15.9. The zero-order valence-corrected chi connectivity index (χ0v) is 32.4. The van der Waals surface area contributed by atoms with Crippen molar-refractivity contribution >= 4 is 43.6 Å². The monoisotopic (exact) mass is 762 g/mol. The Labute approximate surface area is 347 Å². The molecular weight excluding hydrogens is 729 g/mol. The van der Waals surface area contributed by atoms with Crippen LogP contribution in [0.2, 0.25) is 0 Å². The molecular formula is C56H34N4. The van der Waals surface area contributed by atoms with Crippen molar-refractivity contribution in [3.05, 3.63) is 217 Å². The summed E-state index contributed by atoms with van der Waals surface area (Å²) >= 11 is 0. The van der Waals surface area contributed by atoms with Crippen molar-refractivity contribution in [2.75, 3.05) is 0 Å². The van der Waals surface area contributed by atoms with Crippen molar-refractivity contribution in [1.82, 2.24) is 9.13 Å². The summed E-state index contributed by atoms with van der Waals surface area (Å²) in [6.45, 7) is 0. The summed E-state index contributed by atoms with van der Waals surface area (Å²) in [5, 5.41) is 25.0. The highest BCUT2D eigenvalue weighted by atomic mass is 15.0. The minimum atomic E-state index is 0.362. The van der Waals surface area contributed by atoms with Gasteiger partial charge in [0.05, 0.1) is 33.2 Å². The van der Waals surface area contributed by atoms with E-state index in [0.717, 1.165) is 55.9 Å². The number of hydrogen-bond donors (Lipinski definition) is 0. The van der Waals surface area contributed by atoms with E-state index in [1.54, 1.807) is 0 Å². The molecule has 2 aromatic heterocycles. The topological polar surface area (TPSA) is 57.4 Å². The van der Waals surface area contributed by atoms with E-state index >= 15 is 0 Å². The number of nitrogens with zero attached hydrogens (tertiary/aromatic N) is 4. The van der Waals surface area contributed by atoms with Gasteiger partial charge in [0.1, 0.15) is 12.1 Å². The van der Waals surface area contributed by atoms with Crippen molar-refractivity contribution in [3.63, 3.8) is 0 Å². The predicted molar refractivity (Wildman–Crippen MR) is 246 cm³/mol. The molecule has 4 heteroatoms. The van der Waals surface area contributed by atoms with Crippen LogP contribution in [0, 0.1) is 22.7 Å². The molecule has 0 amide bonds. The molecule has 0 unspecified atom stereocenters. The Balaban J connectivity index is 0.900. The van der Waals surface area contributed by atoms with Gasteiger partial charge in [0, 0.05) is 32.9 Å². The van der Waals surface area contributed by atoms with Gasteiger partial charge in [0.25, 0.3) is 0 Å². The maximum Gasteiger partial charge on any atom is 0.101 e. The first-order valence-corrected chi connectivity index (χ1v) is 20.0.